The van der Waals surface area contributed by atoms with Gasteiger partial charge in [0.25, 0.3) is 0 Å². The molecule has 2 aliphatic rings. The second-order valence-corrected chi connectivity index (χ2v) is 4.12. The monoisotopic (exact) mass is 241 g/mol. The SMILES string of the molecule is O=C1N[C@]2(CCOc3c2ccc(F)c3F)CO1. The van der Waals surface area contributed by atoms with Gasteiger partial charge in [0, 0.05) is 12.0 Å². The molecule has 1 saturated heterocycles. The molecular weight excluding hydrogens is 232 g/mol. The summed E-state index contributed by atoms with van der Waals surface area (Å²) in [5.74, 6) is -2.13. The van der Waals surface area contributed by atoms with Crippen molar-refractivity contribution in [3.8, 4) is 5.75 Å². The number of carbonyl (C=O) groups excluding carboxylic acids is 1. The van der Waals surface area contributed by atoms with E-state index in [1.165, 1.54) is 6.07 Å². The molecule has 1 atom stereocenters. The summed E-state index contributed by atoms with van der Waals surface area (Å²) in [5, 5.41) is 2.64. The van der Waals surface area contributed by atoms with Gasteiger partial charge in [0.05, 0.1) is 6.61 Å². The van der Waals surface area contributed by atoms with Crippen LogP contribution in [0.3, 0.4) is 0 Å². The van der Waals surface area contributed by atoms with Gasteiger partial charge in [-0.3, -0.25) is 0 Å². The number of rotatable bonds is 0. The van der Waals surface area contributed by atoms with E-state index >= 15 is 0 Å². The van der Waals surface area contributed by atoms with Crippen molar-refractivity contribution in [3.05, 3.63) is 29.3 Å². The molecule has 17 heavy (non-hydrogen) atoms. The highest BCUT2D eigenvalue weighted by Gasteiger charge is 2.46. The van der Waals surface area contributed by atoms with Crippen molar-refractivity contribution in [2.75, 3.05) is 13.2 Å². The summed E-state index contributed by atoms with van der Waals surface area (Å²) in [5.41, 5.74) is -0.368. The number of nitrogens with one attached hydrogen (secondary N) is 1. The molecule has 1 N–H and O–H groups in total. The fraction of sp³-hybridized carbons (Fsp3) is 0.364. The molecule has 0 unspecified atom stereocenters. The summed E-state index contributed by atoms with van der Waals surface area (Å²) in [7, 11) is 0. The first-order chi connectivity index (χ1) is 8.12. The van der Waals surface area contributed by atoms with Gasteiger partial charge in [0.15, 0.2) is 11.6 Å². The number of alkyl carbamates (subject to hydrolysis) is 1. The van der Waals surface area contributed by atoms with Gasteiger partial charge in [0.2, 0.25) is 5.82 Å². The molecule has 90 valence electrons. The first kappa shape index (κ1) is 10.3. The van der Waals surface area contributed by atoms with Crippen molar-refractivity contribution in [1.29, 1.82) is 0 Å². The maximum absolute atomic E-state index is 13.6. The second kappa shape index (κ2) is 3.32. The standard InChI is InChI=1S/C11H9F2NO3/c12-7-2-1-6-9(8(7)13)16-4-3-11(6)5-17-10(15)14-11/h1-2H,3-5H2,(H,14,15)/t11-/m1/s1. The number of cyclic esters (lactones) is 1. The Kier molecular flexibility index (Phi) is 2.01. The Bertz CT molecular complexity index is 506. The van der Waals surface area contributed by atoms with Crippen molar-refractivity contribution in [2.24, 2.45) is 0 Å². The van der Waals surface area contributed by atoms with Gasteiger partial charge in [-0.2, -0.15) is 4.39 Å². The van der Waals surface area contributed by atoms with Crippen LogP contribution in [0.2, 0.25) is 0 Å². The molecule has 2 aliphatic heterocycles. The third-order valence-electron chi connectivity index (χ3n) is 3.13. The van der Waals surface area contributed by atoms with Gasteiger partial charge in [0.1, 0.15) is 12.1 Å². The van der Waals surface area contributed by atoms with E-state index in [4.69, 9.17) is 9.47 Å². The molecule has 0 saturated carbocycles. The summed E-state index contributed by atoms with van der Waals surface area (Å²) in [6.07, 6.45) is -0.0841. The molecule has 0 bridgehead atoms. The number of carbonyl (C=O) groups is 1. The number of hydrogen-bond acceptors (Lipinski definition) is 3. The Balaban J connectivity index is 2.15. The maximum atomic E-state index is 13.6. The van der Waals surface area contributed by atoms with Crippen molar-refractivity contribution < 1.29 is 23.0 Å². The van der Waals surface area contributed by atoms with Crippen LogP contribution in [0.4, 0.5) is 13.6 Å². The molecule has 0 radical (unpaired) electrons. The van der Waals surface area contributed by atoms with E-state index in [1.54, 1.807) is 0 Å². The summed E-state index contributed by atoms with van der Waals surface area (Å²) >= 11 is 0. The predicted molar refractivity (Wildman–Crippen MR) is 52.6 cm³/mol. The quantitative estimate of drug-likeness (QED) is 0.751. The first-order valence-corrected chi connectivity index (χ1v) is 5.19. The number of halogens is 2. The molecule has 1 amide bonds. The summed E-state index contributed by atoms with van der Waals surface area (Å²) in [6, 6.07) is 2.44. The van der Waals surface area contributed by atoms with E-state index in [-0.39, 0.29) is 19.0 Å². The Hall–Kier alpha value is -1.85. The van der Waals surface area contributed by atoms with Gasteiger partial charge in [-0.25, -0.2) is 9.18 Å². The summed E-state index contributed by atoms with van der Waals surface area (Å²) in [6.45, 7) is 0.310. The van der Waals surface area contributed by atoms with E-state index in [2.05, 4.69) is 5.32 Å². The van der Waals surface area contributed by atoms with Gasteiger partial charge in [-0.05, 0) is 12.1 Å². The van der Waals surface area contributed by atoms with Crippen LogP contribution in [-0.2, 0) is 10.3 Å². The van der Waals surface area contributed by atoms with E-state index in [0.717, 1.165) is 6.07 Å². The van der Waals surface area contributed by atoms with Crippen molar-refractivity contribution in [3.63, 3.8) is 0 Å². The van der Waals surface area contributed by atoms with Crippen molar-refractivity contribution in [2.45, 2.75) is 12.0 Å². The largest absolute Gasteiger partial charge is 0.490 e. The molecule has 1 aromatic carbocycles. The lowest BCUT2D eigenvalue weighted by Crippen LogP contribution is -2.44. The summed E-state index contributed by atoms with van der Waals surface area (Å²) < 4.78 is 36.6. The average molecular weight is 241 g/mol. The highest BCUT2D eigenvalue weighted by Crippen LogP contribution is 2.41. The lowest BCUT2D eigenvalue weighted by molar-refractivity contribution is 0.153. The Morgan fingerprint density at radius 1 is 1.29 bits per heavy atom. The van der Waals surface area contributed by atoms with Crippen molar-refractivity contribution >= 4 is 6.09 Å². The molecule has 1 aromatic rings. The van der Waals surface area contributed by atoms with Crippen LogP contribution in [0.5, 0.6) is 5.75 Å². The summed E-state index contributed by atoms with van der Waals surface area (Å²) in [4.78, 5) is 11.1. The first-order valence-electron chi connectivity index (χ1n) is 5.19. The Morgan fingerprint density at radius 2 is 2.12 bits per heavy atom. The van der Waals surface area contributed by atoms with Crippen LogP contribution < -0.4 is 10.1 Å². The lowest BCUT2D eigenvalue weighted by Gasteiger charge is -2.33. The third-order valence-corrected chi connectivity index (χ3v) is 3.13. The molecule has 1 spiro atoms. The molecule has 6 heteroatoms. The number of hydrogen-bond donors (Lipinski definition) is 1. The fourth-order valence-corrected chi connectivity index (χ4v) is 2.25. The zero-order chi connectivity index (χ0) is 12.0. The van der Waals surface area contributed by atoms with Gasteiger partial charge in [-0.1, -0.05) is 0 Å². The van der Waals surface area contributed by atoms with E-state index in [1.807, 2.05) is 0 Å². The van der Waals surface area contributed by atoms with Crippen molar-refractivity contribution in [1.82, 2.24) is 5.32 Å². The predicted octanol–water partition coefficient (Wildman–Crippen LogP) is 1.68. The minimum Gasteiger partial charge on any atom is -0.490 e. The van der Waals surface area contributed by atoms with Crippen LogP contribution in [0.25, 0.3) is 0 Å². The molecular formula is C11H9F2NO3. The van der Waals surface area contributed by atoms with Gasteiger partial charge >= 0.3 is 6.09 Å². The maximum Gasteiger partial charge on any atom is 0.408 e. The van der Waals surface area contributed by atoms with Crippen LogP contribution in [0, 0.1) is 11.6 Å². The number of ether oxygens (including phenoxy) is 2. The molecule has 0 aliphatic carbocycles. The smallest absolute Gasteiger partial charge is 0.408 e. The zero-order valence-corrected chi connectivity index (χ0v) is 8.76. The third kappa shape index (κ3) is 1.36. The molecule has 1 fully saturated rings. The van der Waals surface area contributed by atoms with Gasteiger partial charge in [-0.15, -0.1) is 0 Å². The Morgan fingerprint density at radius 3 is 2.82 bits per heavy atom. The molecule has 0 aromatic heterocycles. The molecule has 4 nitrogen and oxygen atoms in total. The second-order valence-electron chi connectivity index (χ2n) is 4.12. The van der Waals surface area contributed by atoms with Gasteiger partial charge < -0.3 is 14.8 Å². The van der Waals surface area contributed by atoms with E-state index < -0.39 is 23.3 Å². The number of amides is 1. The van der Waals surface area contributed by atoms with Crippen LogP contribution in [0.1, 0.15) is 12.0 Å². The van der Waals surface area contributed by atoms with Crippen LogP contribution in [0.15, 0.2) is 12.1 Å². The molecule has 3 rings (SSSR count). The normalized spacial score (nSPS) is 26.1. The number of fused-ring (bicyclic) bond motifs is 2. The van der Waals surface area contributed by atoms with Crippen LogP contribution >= 0.6 is 0 Å². The van der Waals surface area contributed by atoms with E-state index in [9.17, 15) is 13.6 Å². The highest BCUT2D eigenvalue weighted by molar-refractivity contribution is 5.72. The lowest BCUT2D eigenvalue weighted by atomic mass is 9.85. The topological polar surface area (TPSA) is 47.6 Å². The minimum atomic E-state index is -1.03. The van der Waals surface area contributed by atoms with Crippen LogP contribution in [-0.4, -0.2) is 19.3 Å². The number of benzene rings is 1. The highest BCUT2D eigenvalue weighted by atomic mass is 19.2. The van der Waals surface area contributed by atoms with E-state index in [0.29, 0.717) is 12.0 Å². The Labute approximate surface area is 95.5 Å². The zero-order valence-electron chi connectivity index (χ0n) is 8.76. The fourth-order valence-electron chi connectivity index (χ4n) is 2.25. The minimum absolute atomic E-state index is 0.104. The average Bonchev–Trinajstić information content (AvgIpc) is 2.67. The molecule has 2 heterocycles.